The largest absolute Gasteiger partial charge is 0.497 e. The Labute approximate surface area is 130 Å². The standard InChI is InChI=1S/C17H21NO2S/c1-12(18)17(13-5-4-6-15(11-13)20-3)21-16-9-7-14(19-2)8-10-16/h4-12,17H,18H2,1-3H3. The predicted octanol–water partition coefficient (Wildman–Crippen LogP) is 3.88. The third-order valence-corrected chi connectivity index (χ3v) is 4.72. The van der Waals surface area contributed by atoms with Crippen molar-refractivity contribution in [3.05, 3.63) is 54.1 Å². The number of hydrogen-bond acceptors (Lipinski definition) is 4. The van der Waals surface area contributed by atoms with Gasteiger partial charge in [-0.3, -0.25) is 0 Å². The Hall–Kier alpha value is -1.65. The molecule has 0 aromatic heterocycles. The van der Waals surface area contributed by atoms with Crippen LogP contribution < -0.4 is 15.2 Å². The second-order valence-electron chi connectivity index (χ2n) is 4.85. The lowest BCUT2D eigenvalue weighted by Crippen LogP contribution is -2.22. The number of hydrogen-bond donors (Lipinski definition) is 1. The van der Waals surface area contributed by atoms with E-state index in [9.17, 15) is 0 Å². The molecule has 0 bridgehead atoms. The third kappa shape index (κ3) is 4.16. The van der Waals surface area contributed by atoms with Gasteiger partial charge in [-0.05, 0) is 48.9 Å². The molecule has 4 heteroatoms. The molecule has 0 amide bonds. The molecule has 112 valence electrons. The first-order valence-electron chi connectivity index (χ1n) is 6.84. The smallest absolute Gasteiger partial charge is 0.119 e. The van der Waals surface area contributed by atoms with Crippen molar-refractivity contribution in [1.82, 2.24) is 0 Å². The van der Waals surface area contributed by atoms with Crippen molar-refractivity contribution in [2.24, 2.45) is 5.73 Å². The Bertz CT molecular complexity index is 569. The van der Waals surface area contributed by atoms with Gasteiger partial charge in [0, 0.05) is 16.2 Å². The summed E-state index contributed by atoms with van der Waals surface area (Å²) in [6.45, 7) is 2.03. The summed E-state index contributed by atoms with van der Waals surface area (Å²) in [6, 6.07) is 16.1. The van der Waals surface area contributed by atoms with E-state index >= 15 is 0 Å². The molecule has 2 atom stereocenters. The maximum atomic E-state index is 6.18. The van der Waals surface area contributed by atoms with Gasteiger partial charge in [0.15, 0.2) is 0 Å². The van der Waals surface area contributed by atoms with E-state index in [0.29, 0.717) is 0 Å². The molecule has 0 saturated heterocycles. The van der Waals surface area contributed by atoms with Crippen LogP contribution in [0.5, 0.6) is 11.5 Å². The van der Waals surface area contributed by atoms with Gasteiger partial charge in [0.25, 0.3) is 0 Å². The fraction of sp³-hybridized carbons (Fsp3) is 0.294. The van der Waals surface area contributed by atoms with Crippen LogP contribution in [0.3, 0.4) is 0 Å². The molecular formula is C17H21NO2S. The fourth-order valence-corrected chi connectivity index (χ4v) is 3.18. The summed E-state index contributed by atoms with van der Waals surface area (Å²) in [6.07, 6.45) is 0. The van der Waals surface area contributed by atoms with E-state index < -0.39 is 0 Å². The average molecular weight is 303 g/mol. The zero-order chi connectivity index (χ0) is 15.2. The van der Waals surface area contributed by atoms with Crippen LogP contribution in [0.2, 0.25) is 0 Å². The summed E-state index contributed by atoms with van der Waals surface area (Å²) in [5, 5.41) is 0.175. The van der Waals surface area contributed by atoms with Crippen molar-refractivity contribution in [3.63, 3.8) is 0 Å². The van der Waals surface area contributed by atoms with Crippen LogP contribution in [-0.4, -0.2) is 20.3 Å². The molecule has 0 radical (unpaired) electrons. The van der Waals surface area contributed by atoms with Crippen LogP contribution in [0.4, 0.5) is 0 Å². The van der Waals surface area contributed by atoms with Gasteiger partial charge in [0.2, 0.25) is 0 Å². The molecule has 2 unspecified atom stereocenters. The second-order valence-corrected chi connectivity index (χ2v) is 6.06. The van der Waals surface area contributed by atoms with Crippen molar-refractivity contribution < 1.29 is 9.47 Å². The summed E-state index contributed by atoms with van der Waals surface area (Å²) in [7, 11) is 3.35. The van der Waals surface area contributed by atoms with Gasteiger partial charge in [-0.1, -0.05) is 12.1 Å². The lowest BCUT2D eigenvalue weighted by atomic mass is 10.1. The topological polar surface area (TPSA) is 44.5 Å². The predicted molar refractivity (Wildman–Crippen MR) is 88.2 cm³/mol. The Kier molecular flexibility index (Phi) is 5.53. The van der Waals surface area contributed by atoms with Crippen LogP contribution in [0.15, 0.2) is 53.4 Å². The SMILES string of the molecule is COc1ccc(SC(c2cccc(OC)c2)C(C)N)cc1. The van der Waals surface area contributed by atoms with Gasteiger partial charge in [0.1, 0.15) is 11.5 Å². The molecule has 0 fully saturated rings. The minimum absolute atomic E-state index is 0.0317. The van der Waals surface area contributed by atoms with Crippen LogP contribution in [0, 0.1) is 0 Å². The highest BCUT2D eigenvalue weighted by Crippen LogP contribution is 2.38. The van der Waals surface area contributed by atoms with Gasteiger partial charge in [-0.25, -0.2) is 0 Å². The first-order chi connectivity index (χ1) is 10.1. The number of benzene rings is 2. The van der Waals surface area contributed by atoms with Crippen LogP contribution in [0.25, 0.3) is 0 Å². The lowest BCUT2D eigenvalue weighted by molar-refractivity contribution is 0.414. The van der Waals surface area contributed by atoms with E-state index in [1.165, 1.54) is 10.5 Å². The van der Waals surface area contributed by atoms with Gasteiger partial charge in [-0.15, -0.1) is 11.8 Å². The van der Waals surface area contributed by atoms with Crippen molar-refractivity contribution in [2.75, 3.05) is 14.2 Å². The summed E-state index contributed by atoms with van der Waals surface area (Å²) < 4.78 is 10.5. The molecule has 0 saturated carbocycles. The Balaban J connectivity index is 2.21. The van der Waals surface area contributed by atoms with Gasteiger partial charge >= 0.3 is 0 Å². The van der Waals surface area contributed by atoms with E-state index in [-0.39, 0.29) is 11.3 Å². The highest BCUT2D eigenvalue weighted by atomic mass is 32.2. The summed E-state index contributed by atoms with van der Waals surface area (Å²) >= 11 is 1.75. The molecule has 21 heavy (non-hydrogen) atoms. The van der Waals surface area contributed by atoms with E-state index in [1.54, 1.807) is 26.0 Å². The minimum Gasteiger partial charge on any atom is -0.497 e. The van der Waals surface area contributed by atoms with E-state index in [1.807, 2.05) is 37.3 Å². The van der Waals surface area contributed by atoms with E-state index in [0.717, 1.165) is 11.5 Å². The second kappa shape index (κ2) is 7.38. The Morgan fingerprint density at radius 2 is 1.62 bits per heavy atom. The molecule has 2 rings (SSSR count). The van der Waals surface area contributed by atoms with Crippen molar-refractivity contribution in [2.45, 2.75) is 23.1 Å². The van der Waals surface area contributed by atoms with Crippen LogP contribution in [-0.2, 0) is 0 Å². The number of ether oxygens (including phenoxy) is 2. The molecule has 0 aliphatic rings. The number of nitrogens with two attached hydrogens (primary N) is 1. The molecule has 3 nitrogen and oxygen atoms in total. The molecule has 0 heterocycles. The maximum Gasteiger partial charge on any atom is 0.119 e. The molecule has 2 N–H and O–H groups in total. The number of methoxy groups -OCH3 is 2. The average Bonchev–Trinajstić information content (AvgIpc) is 2.53. The van der Waals surface area contributed by atoms with Crippen LogP contribution >= 0.6 is 11.8 Å². The zero-order valence-electron chi connectivity index (χ0n) is 12.6. The number of thioether (sulfide) groups is 1. The molecule has 2 aromatic carbocycles. The monoisotopic (exact) mass is 303 g/mol. The number of rotatable bonds is 6. The van der Waals surface area contributed by atoms with Crippen molar-refractivity contribution >= 4 is 11.8 Å². The fourth-order valence-electron chi connectivity index (χ4n) is 2.10. The highest BCUT2D eigenvalue weighted by molar-refractivity contribution is 7.99. The molecule has 2 aromatic rings. The third-order valence-electron chi connectivity index (χ3n) is 3.22. The molecule has 0 spiro atoms. The quantitative estimate of drug-likeness (QED) is 0.822. The molecule has 0 aliphatic carbocycles. The molecular weight excluding hydrogens is 282 g/mol. The van der Waals surface area contributed by atoms with Gasteiger partial charge in [-0.2, -0.15) is 0 Å². The Morgan fingerprint density at radius 3 is 2.19 bits per heavy atom. The first-order valence-corrected chi connectivity index (χ1v) is 7.72. The maximum absolute atomic E-state index is 6.18. The van der Waals surface area contributed by atoms with E-state index in [2.05, 4.69) is 18.2 Å². The lowest BCUT2D eigenvalue weighted by Gasteiger charge is -2.21. The summed E-state index contributed by atoms with van der Waals surface area (Å²) in [4.78, 5) is 1.17. The van der Waals surface area contributed by atoms with E-state index in [4.69, 9.17) is 15.2 Å². The Morgan fingerprint density at radius 1 is 0.952 bits per heavy atom. The molecule has 0 aliphatic heterocycles. The highest BCUT2D eigenvalue weighted by Gasteiger charge is 2.18. The summed E-state index contributed by atoms with van der Waals surface area (Å²) in [5.74, 6) is 1.71. The minimum atomic E-state index is 0.0317. The van der Waals surface area contributed by atoms with Crippen molar-refractivity contribution in [1.29, 1.82) is 0 Å². The first kappa shape index (κ1) is 15.7. The van der Waals surface area contributed by atoms with Gasteiger partial charge in [0.05, 0.1) is 14.2 Å². The van der Waals surface area contributed by atoms with Crippen LogP contribution in [0.1, 0.15) is 17.7 Å². The van der Waals surface area contributed by atoms with Gasteiger partial charge < -0.3 is 15.2 Å². The zero-order valence-corrected chi connectivity index (χ0v) is 13.4. The normalized spacial score (nSPS) is 13.5. The summed E-state index contributed by atoms with van der Waals surface area (Å²) in [5.41, 5.74) is 7.35. The van der Waals surface area contributed by atoms with Crippen molar-refractivity contribution in [3.8, 4) is 11.5 Å².